The number of aromatic nitrogens is 3. The molecule has 2 N–H and O–H groups in total. The summed E-state index contributed by atoms with van der Waals surface area (Å²) in [7, 11) is 1.38. The molecule has 0 aliphatic carbocycles. The number of likely N-dealkylation sites (N-methyl/N-ethyl adjacent to an activating group) is 1. The first-order valence-corrected chi connectivity index (χ1v) is 12.3. The van der Waals surface area contributed by atoms with Gasteiger partial charge in [0.15, 0.2) is 0 Å². The smallest absolute Gasteiger partial charge is 0.292 e. The van der Waals surface area contributed by atoms with Crippen molar-refractivity contribution in [2.24, 2.45) is 0 Å². The topological polar surface area (TPSA) is 130 Å². The lowest BCUT2D eigenvalue weighted by atomic mass is 9.92. The summed E-state index contributed by atoms with van der Waals surface area (Å²) in [5.74, 6) is -1.89. The largest absolute Gasteiger partial charge is 0.326 e. The predicted molar refractivity (Wildman–Crippen MR) is 145 cm³/mol. The molecule has 1 saturated heterocycles. The lowest BCUT2D eigenvalue weighted by molar-refractivity contribution is -0.145. The number of para-hydroxylation sites is 1. The second-order valence-corrected chi connectivity index (χ2v) is 10.2. The Kier molecular flexibility index (Phi) is 6.35. The van der Waals surface area contributed by atoms with Crippen molar-refractivity contribution in [1.29, 1.82) is 0 Å². The molecule has 4 amide bonds. The molecule has 0 unspecified atom stereocenters. The second-order valence-electron chi connectivity index (χ2n) is 10.2. The lowest BCUT2D eigenvalue weighted by Gasteiger charge is -2.22. The lowest BCUT2D eigenvalue weighted by Crippen LogP contribution is -2.37. The average molecular weight is 526 g/mol. The van der Waals surface area contributed by atoms with E-state index in [2.05, 4.69) is 15.6 Å². The van der Waals surface area contributed by atoms with Crippen LogP contribution < -0.4 is 10.6 Å². The Balaban J connectivity index is 1.37. The second kappa shape index (κ2) is 9.67. The Morgan fingerprint density at radius 2 is 1.62 bits per heavy atom. The van der Waals surface area contributed by atoms with E-state index in [0.717, 1.165) is 26.6 Å². The summed E-state index contributed by atoms with van der Waals surface area (Å²) in [4.78, 5) is 53.0. The zero-order valence-electron chi connectivity index (χ0n) is 21.9. The van der Waals surface area contributed by atoms with Gasteiger partial charge in [0, 0.05) is 23.9 Å². The third kappa shape index (κ3) is 5.06. The number of hydrogen-bond donors (Lipinski definition) is 2. The van der Waals surface area contributed by atoms with Crippen LogP contribution in [0.15, 0.2) is 66.7 Å². The van der Waals surface area contributed by atoms with Gasteiger partial charge >= 0.3 is 23.6 Å². The van der Waals surface area contributed by atoms with Crippen LogP contribution in [0.3, 0.4) is 0 Å². The molecule has 1 aliphatic heterocycles. The highest BCUT2D eigenvalue weighted by atomic mass is 16.2. The maximum Gasteiger partial charge on any atom is 0.326 e. The molecule has 0 saturated carbocycles. The van der Waals surface area contributed by atoms with E-state index in [9.17, 15) is 19.2 Å². The fraction of sp³-hybridized carbons (Fsp3) is 0.214. The fourth-order valence-electron chi connectivity index (χ4n) is 4.13. The number of rotatable bonds is 5. The summed E-state index contributed by atoms with van der Waals surface area (Å²) in [5.41, 5.74) is 2.64. The summed E-state index contributed by atoms with van der Waals surface area (Å²) in [5, 5.41) is 13.5. The molecule has 11 heteroatoms. The molecule has 3 heterocycles. The molecule has 1 fully saturated rings. The number of amides is 4. The highest BCUT2D eigenvalue weighted by Gasteiger charge is 2.42. The maximum absolute atomic E-state index is 12.9. The molecular weight excluding hydrogens is 498 g/mol. The van der Waals surface area contributed by atoms with E-state index in [0.29, 0.717) is 22.9 Å². The van der Waals surface area contributed by atoms with Crippen LogP contribution in [0, 0.1) is 0 Å². The van der Waals surface area contributed by atoms with Crippen molar-refractivity contribution in [2.45, 2.75) is 32.7 Å². The molecule has 198 valence electrons. The molecule has 0 bridgehead atoms. The normalized spacial score (nSPS) is 13.9. The van der Waals surface area contributed by atoms with Crippen LogP contribution in [0.1, 0.15) is 32.0 Å². The number of Topliss-reactive ketones (excluding diaryl/α,β-unsaturated/α-hetero) is 1. The summed E-state index contributed by atoms with van der Waals surface area (Å²) in [6.45, 7) is 6.14. The number of hydrogen-bond acceptors (Lipinski definition) is 6. The third-order valence-electron chi connectivity index (χ3n) is 6.35. The number of nitrogens with zero attached hydrogens (tertiary/aromatic N) is 5. The number of urea groups is 1. The summed E-state index contributed by atoms with van der Waals surface area (Å²) in [6.07, 6.45) is 0. The van der Waals surface area contributed by atoms with Crippen molar-refractivity contribution in [1.82, 2.24) is 24.8 Å². The van der Waals surface area contributed by atoms with Gasteiger partial charge in [0.05, 0.1) is 23.4 Å². The highest BCUT2D eigenvalue weighted by molar-refractivity contribution is 6.65. The molecular formula is C28H27N7O4. The van der Waals surface area contributed by atoms with Crippen LogP contribution in [-0.4, -0.2) is 55.5 Å². The average Bonchev–Trinajstić information content (AvgIpc) is 3.41. The van der Waals surface area contributed by atoms with E-state index >= 15 is 0 Å². The van der Waals surface area contributed by atoms with E-state index in [1.54, 1.807) is 35.0 Å². The van der Waals surface area contributed by atoms with Crippen LogP contribution in [0.2, 0.25) is 0 Å². The van der Waals surface area contributed by atoms with Gasteiger partial charge in [0.2, 0.25) is 0 Å². The summed E-state index contributed by atoms with van der Waals surface area (Å²) in [6, 6.07) is 19.7. The Morgan fingerprint density at radius 3 is 2.28 bits per heavy atom. The van der Waals surface area contributed by atoms with Gasteiger partial charge < -0.3 is 0 Å². The molecule has 11 nitrogen and oxygen atoms in total. The van der Waals surface area contributed by atoms with Gasteiger partial charge in [-0.05, 0) is 35.9 Å². The van der Waals surface area contributed by atoms with Crippen molar-refractivity contribution in [3.8, 4) is 5.69 Å². The monoisotopic (exact) mass is 525 g/mol. The molecule has 39 heavy (non-hydrogen) atoms. The molecule has 0 spiro atoms. The number of ketones is 1. The number of anilines is 2. The number of hydrazine groups is 1. The number of carbonyl (C=O) groups excluding carboxylic acids is 4. The third-order valence-corrected chi connectivity index (χ3v) is 6.35. The standard InChI is InChI=1S/C28H27N7O4/c1-28(2,3)21-15-23(31-27(39)30-22-14-11-18-7-5-6-8-20(18)29-22)35(32-21)19-12-9-17(10-13-19)16-34-26(38)24(36)25(37)33(34)4/h5-15H,16H2,1-4H3,(H2,29,30,31,39). The van der Waals surface area contributed by atoms with Crippen molar-refractivity contribution in [3.63, 3.8) is 0 Å². The Morgan fingerprint density at radius 1 is 0.897 bits per heavy atom. The van der Waals surface area contributed by atoms with Crippen LogP contribution in [0.4, 0.5) is 16.4 Å². The summed E-state index contributed by atoms with van der Waals surface area (Å²) < 4.78 is 1.62. The molecule has 5 rings (SSSR count). The first-order valence-electron chi connectivity index (χ1n) is 12.3. The Hall–Kier alpha value is -5.06. The minimum Gasteiger partial charge on any atom is -0.292 e. The van der Waals surface area contributed by atoms with Crippen LogP contribution in [0.5, 0.6) is 0 Å². The van der Waals surface area contributed by atoms with E-state index in [1.807, 2.05) is 57.2 Å². The fourth-order valence-corrected chi connectivity index (χ4v) is 4.13. The minimum atomic E-state index is -1.05. The Bertz CT molecular complexity index is 1620. The van der Waals surface area contributed by atoms with Crippen LogP contribution in [0.25, 0.3) is 16.6 Å². The number of pyridine rings is 1. The Labute approximate surface area is 224 Å². The van der Waals surface area contributed by atoms with E-state index in [-0.39, 0.29) is 12.0 Å². The van der Waals surface area contributed by atoms with Gasteiger partial charge in [0.1, 0.15) is 11.6 Å². The van der Waals surface area contributed by atoms with Crippen LogP contribution >= 0.6 is 0 Å². The molecule has 0 radical (unpaired) electrons. The van der Waals surface area contributed by atoms with Gasteiger partial charge in [-0.25, -0.2) is 24.5 Å². The van der Waals surface area contributed by atoms with Crippen LogP contribution in [-0.2, 0) is 26.3 Å². The zero-order valence-corrected chi connectivity index (χ0v) is 21.9. The predicted octanol–water partition coefficient (Wildman–Crippen LogP) is 3.65. The van der Waals surface area contributed by atoms with E-state index in [1.165, 1.54) is 7.05 Å². The first-order chi connectivity index (χ1) is 18.5. The number of benzene rings is 2. The SMILES string of the molecule is CN1C(=O)C(=O)C(=O)N1Cc1ccc(-n2nc(C(C)(C)C)cc2NC(=O)Nc2ccc3ccccc3n2)cc1. The van der Waals surface area contributed by atoms with E-state index in [4.69, 9.17) is 5.10 Å². The van der Waals surface area contributed by atoms with Crippen molar-refractivity contribution >= 4 is 46.2 Å². The van der Waals surface area contributed by atoms with Crippen molar-refractivity contribution in [2.75, 3.05) is 17.7 Å². The van der Waals surface area contributed by atoms with E-state index < -0.39 is 23.6 Å². The molecule has 0 atom stereocenters. The van der Waals surface area contributed by atoms with Crippen molar-refractivity contribution in [3.05, 3.63) is 78.0 Å². The first kappa shape index (κ1) is 25.6. The molecule has 2 aromatic heterocycles. The zero-order chi connectivity index (χ0) is 27.9. The van der Waals surface area contributed by atoms with Gasteiger partial charge in [0.25, 0.3) is 0 Å². The summed E-state index contributed by atoms with van der Waals surface area (Å²) >= 11 is 0. The van der Waals surface area contributed by atoms with Gasteiger partial charge in [-0.15, -0.1) is 0 Å². The quantitative estimate of drug-likeness (QED) is 0.383. The molecule has 2 aromatic carbocycles. The highest BCUT2D eigenvalue weighted by Crippen LogP contribution is 2.27. The molecule has 4 aromatic rings. The van der Waals surface area contributed by atoms with Gasteiger partial charge in [-0.2, -0.15) is 5.10 Å². The number of fused-ring (bicyclic) bond motifs is 1. The van der Waals surface area contributed by atoms with Crippen molar-refractivity contribution < 1.29 is 19.2 Å². The number of carbonyl (C=O) groups is 4. The van der Waals surface area contributed by atoms with Gasteiger partial charge in [-0.3, -0.25) is 25.0 Å². The van der Waals surface area contributed by atoms with Gasteiger partial charge in [-0.1, -0.05) is 51.1 Å². The number of nitrogens with one attached hydrogen (secondary N) is 2. The maximum atomic E-state index is 12.9. The molecule has 1 aliphatic rings. The minimum absolute atomic E-state index is 0.0612.